The summed E-state index contributed by atoms with van der Waals surface area (Å²) in [5.74, 6) is 0.562. The number of carbonyl (C=O) groups is 2. The molecule has 1 aliphatic rings. The number of benzene rings is 1. The van der Waals surface area contributed by atoms with Crippen LogP contribution in [0.5, 0.6) is 5.75 Å². The number of phenolic OH excluding ortho intramolecular Hbond substituents is 1. The molecular formula is C14H17NO4. The minimum absolute atomic E-state index is 0.110. The Bertz CT molecular complexity index is 453. The first-order valence-electron chi connectivity index (χ1n) is 6.31. The summed E-state index contributed by atoms with van der Waals surface area (Å²) in [7, 11) is 0. The van der Waals surface area contributed by atoms with Gasteiger partial charge in [0.2, 0.25) is 0 Å². The molecule has 1 aromatic carbocycles. The molecule has 2 atom stereocenters. The lowest BCUT2D eigenvalue weighted by Gasteiger charge is -2.16. The molecule has 0 radical (unpaired) electrons. The van der Waals surface area contributed by atoms with Crippen molar-refractivity contribution in [1.82, 2.24) is 5.32 Å². The summed E-state index contributed by atoms with van der Waals surface area (Å²) in [6.07, 6.45) is 2.10. The van der Waals surface area contributed by atoms with Gasteiger partial charge in [-0.15, -0.1) is 0 Å². The third-order valence-corrected chi connectivity index (χ3v) is 3.24. The molecule has 1 aliphatic carbocycles. The second-order valence-electron chi connectivity index (χ2n) is 4.80. The topological polar surface area (TPSA) is 75.6 Å². The Labute approximate surface area is 111 Å². The second kappa shape index (κ2) is 5.73. The maximum Gasteiger partial charge on any atom is 0.408 e. The van der Waals surface area contributed by atoms with Gasteiger partial charge in [0, 0.05) is 0 Å². The monoisotopic (exact) mass is 263 g/mol. The van der Waals surface area contributed by atoms with Crippen LogP contribution in [-0.4, -0.2) is 23.6 Å². The second-order valence-corrected chi connectivity index (χ2v) is 4.80. The zero-order valence-electron chi connectivity index (χ0n) is 10.7. The number of nitrogens with one attached hydrogen (secondary N) is 1. The van der Waals surface area contributed by atoms with Crippen molar-refractivity contribution in [3.8, 4) is 5.75 Å². The van der Waals surface area contributed by atoms with Gasteiger partial charge < -0.3 is 20.0 Å². The Morgan fingerprint density at radius 2 is 2.05 bits per heavy atom. The van der Waals surface area contributed by atoms with Crippen molar-refractivity contribution >= 4 is 12.4 Å². The molecule has 102 valence electrons. The van der Waals surface area contributed by atoms with Gasteiger partial charge in [0.1, 0.15) is 24.2 Å². The molecule has 2 unspecified atom stereocenters. The number of phenols is 1. The molecule has 0 bridgehead atoms. The fourth-order valence-electron chi connectivity index (χ4n) is 1.87. The molecule has 1 fully saturated rings. The van der Waals surface area contributed by atoms with Crippen LogP contribution < -0.4 is 5.32 Å². The smallest absolute Gasteiger partial charge is 0.408 e. The first kappa shape index (κ1) is 13.4. The van der Waals surface area contributed by atoms with E-state index in [1.54, 1.807) is 12.1 Å². The molecule has 1 aromatic rings. The molecule has 1 amide bonds. The molecule has 5 heteroatoms. The van der Waals surface area contributed by atoms with Gasteiger partial charge >= 0.3 is 6.09 Å². The summed E-state index contributed by atoms with van der Waals surface area (Å²) in [4.78, 5) is 22.7. The lowest BCUT2D eigenvalue weighted by Crippen LogP contribution is -2.32. The molecule has 0 saturated heterocycles. The van der Waals surface area contributed by atoms with Crippen molar-refractivity contribution < 1.29 is 19.4 Å². The average Bonchev–Trinajstić information content (AvgIpc) is 3.21. The molecule has 2 rings (SSSR count). The van der Waals surface area contributed by atoms with Gasteiger partial charge in [-0.3, -0.25) is 0 Å². The van der Waals surface area contributed by atoms with E-state index in [9.17, 15) is 14.7 Å². The minimum Gasteiger partial charge on any atom is -0.508 e. The van der Waals surface area contributed by atoms with E-state index in [1.165, 1.54) is 12.1 Å². The summed E-state index contributed by atoms with van der Waals surface area (Å²) in [6, 6.07) is 5.33. The van der Waals surface area contributed by atoms with Gasteiger partial charge in [-0.05, 0) is 43.4 Å². The zero-order valence-corrected chi connectivity index (χ0v) is 10.7. The highest BCUT2D eigenvalue weighted by Gasteiger charge is 2.31. The van der Waals surface area contributed by atoms with E-state index in [-0.39, 0.29) is 11.9 Å². The highest BCUT2D eigenvalue weighted by atomic mass is 16.6. The third kappa shape index (κ3) is 3.71. The Morgan fingerprint density at radius 3 is 2.58 bits per heavy atom. The molecule has 0 heterocycles. The number of hydrogen-bond donors (Lipinski definition) is 2. The van der Waals surface area contributed by atoms with Crippen LogP contribution in [0.15, 0.2) is 24.3 Å². The largest absolute Gasteiger partial charge is 0.508 e. The van der Waals surface area contributed by atoms with Crippen LogP contribution in [-0.2, 0) is 9.53 Å². The number of rotatable bonds is 5. The lowest BCUT2D eigenvalue weighted by molar-refractivity contribution is -0.109. The van der Waals surface area contributed by atoms with E-state index < -0.39 is 12.1 Å². The molecule has 1 saturated carbocycles. The number of aromatic hydroxyl groups is 1. The number of carbonyl (C=O) groups excluding carboxylic acids is 2. The van der Waals surface area contributed by atoms with Gasteiger partial charge in [0.05, 0.1) is 0 Å². The maximum absolute atomic E-state index is 11.7. The number of alkyl carbamates (subject to hydrolysis) is 1. The van der Waals surface area contributed by atoms with Crippen molar-refractivity contribution in [2.75, 3.05) is 0 Å². The molecule has 5 nitrogen and oxygen atoms in total. The molecule has 2 N–H and O–H groups in total. The zero-order chi connectivity index (χ0) is 13.8. The molecule has 0 spiro atoms. The van der Waals surface area contributed by atoms with Crippen LogP contribution >= 0.6 is 0 Å². The van der Waals surface area contributed by atoms with Crippen LogP contribution in [0.4, 0.5) is 4.79 Å². The number of amides is 1. The first-order valence-corrected chi connectivity index (χ1v) is 6.31. The van der Waals surface area contributed by atoms with Crippen LogP contribution in [0.25, 0.3) is 0 Å². The van der Waals surface area contributed by atoms with Crippen molar-refractivity contribution in [3.63, 3.8) is 0 Å². The third-order valence-electron chi connectivity index (χ3n) is 3.24. The number of hydrogen-bond acceptors (Lipinski definition) is 4. The Hall–Kier alpha value is -2.04. The normalized spacial score (nSPS) is 17.3. The van der Waals surface area contributed by atoms with E-state index in [0.717, 1.165) is 12.8 Å². The maximum atomic E-state index is 11.7. The fraction of sp³-hybridized carbons (Fsp3) is 0.429. The van der Waals surface area contributed by atoms with Crippen LogP contribution in [0.2, 0.25) is 0 Å². The van der Waals surface area contributed by atoms with Crippen LogP contribution in [0.1, 0.15) is 31.4 Å². The SMILES string of the molecule is CC(OC(=O)NC(C=O)c1ccc(O)cc1)C1CC1. The van der Waals surface area contributed by atoms with Crippen LogP contribution in [0, 0.1) is 5.92 Å². The van der Waals surface area contributed by atoms with E-state index in [4.69, 9.17) is 4.74 Å². The molecular weight excluding hydrogens is 246 g/mol. The van der Waals surface area contributed by atoms with Crippen molar-refractivity contribution in [1.29, 1.82) is 0 Å². The Balaban J connectivity index is 1.92. The predicted molar refractivity (Wildman–Crippen MR) is 68.7 cm³/mol. The van der Waals surface area contributed by atoms with Gasteiger partial charge in [-0.1, -0.05) is 12.1 Å². The highest BCUT2D eigenvalue weighted by Crippen LogP contribution is 2.34. The summed E-state index contributed by atoms with van der Waals surface area (Å²) >= 11 is 0. The van der Waals surface area contributed by atoms with Gasteiger partial charge in [0.15, 0.2) is 0 Å². The van der Waals surface area contributed by atoms with Gasteiger partial charge in [-0.25, -0.2) is 4.79 Å². The standard InChI is InChI=1S/C14H17NO4/c1-9(10-2-3-10)19-14(18)15-13(8-16)11-4-6-12(17)7-5-11/h4-10,13,17H,2-3H2,1H3,(H,15,18). The van der Waals surface area contributed by atoms with E-state index in [2.05, 4.69) is 5.32 Å². The summed E-state index contributed by atoms with van der Waals surface area (Å²) in [5.41, 5.74) is 0.601. The average molecular weight is 263 g/mol. The van der Waals surface area contributed by atoms with E-state index in [1.807, 2.05) is 6.92 Å². The number of aldehydes is 1. The van der Waals surface area contributed by atoms with Gasteiger partial charge in [0.25, 0.3) is 0 Å². The highest BCUT2D eigenvalue weighted by molar-refractivity contribution is 5.74. The predicted octanol–water partition coefficient (Wildman–Crippen LogP) is 2.16. The van der Waals surface area contributed by atoms with Crippen molar-refractivity contribution in [2.24, 2.45) is 5.92 Å². The summed E-state index contributed by atoms with van der Waals surface area (Å²) in [6.45, 7) is 1.85. The van der Waals surface area contributed by atoms with E-state index in [0.29, 0.717) is 17.8 Å². The number of ether oxygens (including phenoxy) is 1. The quantitative estimate of drug-likeness (QED) is 0.798. The molecule has 0 aromatic heterocycles. The minimum atomic E-state index is -0.764. The summed E-state index contributed by atoms with van der Waals surface area (Å²) < 4.78 is 5.19. The Kier molecular flexibility index (Phi) is 4.04. The summed E-state index contributed by atoms with van der Waals surface area (Å²) in [5, 5.41) is 11.7. The van der Waals surface area contributed by atoms with Gasteiger partial charge in [-0.2, -0.15) is 0 Å². The van der Waals surface area contributed by atoms with Crippen molar-refractivity contribution in [2.45, 2.75) is 31.9 Å². The van der Waals surface area contributed by atoms with Crippen LogP contribution in [0.3, 0.4) is 0 Å². The fourth-order valence-corrected chi connectivity index (χ4v) is 1.87. The first-order chi connectivity index (χ1) is 9.10. The van der Waals surface area contributed by atoms with Crippen molar-refractivity contribution in [3.05, 3.63) is 29.8 Å². The Morgan fingerprint density at radius 1 is 1.42 bits per heavy atom. The van der Waals surface area contributed by atoms with E-state index >= 15 is 0 Å². The lowest BCUT2D eigenvalue weighted by atomic mass is 10.1. The molecule has 0 aliphatic heterocycles. The molecule has 19 heavy (non-hydrogen) atoms.